The predicted molar refractivity (Wildman–Crippen MR) is 162 cm³/mol. The molecule has 2 N–H and O–H groups in total. The number of hydrogen-bond acceptors (Lipinski definition) is 2. The van der Waals surface area contributed by atoms with Gasteiger partial charge in [-0.3, -0.25) is 9.59 Å². The maximum atomic E-state index is 13.6. The van der Waals surface area contributed by atoms with E-state index >= 15 is 0 Å². The summed E-state index contributed by atoms with van der Waals surface area (Å²) in [6, 6.07) is 33.6. The van der Waals surface area contributed by atoms with Crippen LogP contribution in [0.5, 0.6) is 0 Å². The fourth-order valence-electron chi connectivity index (χ4n) is 5.52. The number of carbonyl (C=O) groups is 2. The second-order valence-electron chi connectivity index (χ2n) is 11.0. The van der Waals surface area contributed by atoms with E-state index in [0.717, 1.165) is 36.3 Å². The van der Waals surface area contributed by atoms with E-state index in [2.05, 4.69) is 41.0 Å². The fraction of sp³-hybridized carbons (Fsp3) is 0.278. The van der Waals surface area contributed by atoms with Crippen LogP contribution in [0, 0.1) is 11.7 Å². The molecule has 0 aliphatic heterocycles. The van der Waals surface area contributed by atoms with E-state index < -0.39 is 6.04 Å². The van der Waals surface area contributed by atoms with Crippen molar-refractivity contribution in [2.45, 2.75) is 57.0 Å². The number of nitrogens with one attached hydrogen (secondary N) is 2. The molecule has 4 aromatic carbocycles. The van der Waals surface area contributed by atoms with Crippen LogP contribution in [0.1, 0.15) is 65.9 Å². The molecule has 1 aliphatic rings. The average Bonchev–Trinajstić information content (AvgIpc) is 3.80. The normalized spacial score (nSPS) is 16.5. The van der Waals surface area contributed by atoms with Crippen molar-refractivity contribution in [1.29, 1.82) is 0 Å². The Morgan fingerprint density at radius 3 is 2.22 bits per heavy atom. The molecule has 5 heteroatoms. The van der Waals surface area contributed by atoms with Crippen molar-refractivity contribution in [1.82, 2.24) is 10.6 Å². The van der Waals surface area contributed by atoms with E-state index in [1.165, 1.54) is 30.5 Å². The van der Waals surface area contributed by atoms with Gasteiger partial charge in [-0.1, -0.05) is 104 Å². The standard InChI is InChI=1S/C36H37FN2O2/c37-32-17-10-11-26(23-32)25-38-36(41)34(18-9-3-8-16-31-24-33(31)29-14-6-2-7-15-29)39-35(40)30-21-19-28(20-22-30)27-12-4-1-5-13-27/h1-2,4-7,10-15,17,19-23,31,33-34H,3,8-9,16,18,24-25H2,(H,38,41)(H,39,40)/t31?,33?,34-/m0/s1. The van der Waals surface area contributed by atoms with Crippen molar-refractivity contribution in [3.05, 3.63) is 132 Å². The molecular formula is C36H37FN2O2. The fourth-order valence-corrected chi connectivity index (χ4v) is 5.52. The van der Waals surface area contributed by atoms with Crippen molar-refractivity contribution >= 4 is 11.8 Å². The molecule has 2 unspecified atom stereocenters. The Labute approximate surface area is 242 Å². The van der Waals surface area contributed by atoms with Gasteiger partial charge in [0.1, 0.15) is 11.9 Å². The quantitative estimate of drug-likeness (QED) is 0.169. The summed E-state index contributed by atoms with van der Waals surface area (Å²) in [4.78, 5) is 26.3. The third-order valence-electron chi connectivity index (χ3n) is 7.95. The number of carbonyl (C=O) groups excluding carboxylic acids is 2. The van der Waals surface area contributed by atoms with Gasteiger partial charge in [-0.2, -0.15) is 0 Å². The first kappa shape index (κ1) is 28.3. The van der Waals surface area contributed by atoms with Gasteiger partial charge in [-0.15, -0.1) is 0 Å². The summed E-state index contributed by atoms with van der Waals surface area (Å²) in [6.45, 7) is 0.206. The molecule has 0 radical (unpaired) electrons. The first-order valence-corrected chi connectivity index (χ1v) is 14.6. The number of amides is 2. The van der Waals surface area contributed by atoms with Crippen LogP contribution in [0.2, 0.25) is 0 Å². The smallest absolute Gasteiger partial charge is 0.251 e. The average molecular weight is 549 g/mol. The van der Waals surface area contributed by atoms with Crippen molar-refractivity contribution in [3.8, 4) is 11.1 Å². The molecule has 0 aromatic heterocycles. The molecule has 0 heterocycles. The van der Waals surface area contributed by atoms with Gasteiger partial charge in [-0.25, -0.2) is 4.39 Å². The highest BCUT2D eigenvalue weighted by Gasteiger charge is 2.37. The van der Waals surface area contributed by atoms with E-state index in [4.69, 9.17) is 0 Å². The summed E-state index contributed by atoms with van der Waals surface area (Å²) in [5.74, 6) is 0.561. The van der Waals surface area contributed by atoms with Gasteiger partial charge in [0.25, 0.3) is 5.91 Å². The van der Waals surface area contributed by atoms with Crippen LogP contribution in [-0.4, -0.2) is 17.9 Å². The molecule has 4 aromatic rings. The Bertz CT molecular complexity index is 1420. The van der Waals surface area contributed by atoms with Crippen LogP contribution in [0.4, 0.5) is 4.39 Å². The maximum Gasteiger partial charge on any atom is 0.251 e. The largest absolute Gasteiger partial charge is 0.350 e. The zero-order valence-corrected chi connectivity index (χ0v) is 23.3. The molecule has 0 bridgehead atoms. The number of benzene rings is 4. The zero-order valence-electron chi connectivity index (χ0n) is 23.3. The Kier molecular flexibility index (Phi) is 9.58. The van der Waals surface area contributed by atoms with Crippen molar-refractivity contribution in [3.63, 3.8) is 0 Å². The minimum Gasteiger partial charge on any atom is -0.350 e. The SMILES string of the molecule is O=C(N[C@@H](CCCCCC1CC1c1ccccc1)C(=O)NCc1cccc(F)c1)c1ccc(-c2ccccc2)cc1. The van der Waals surface area contributed by atoms with E-state index in [-0.39, 0.29) is 24.2 Å². The summed E-state index contributed by atoms with van der Waals surface area (Å²) in [6.07, 6.45) is 5.96. The topological polar surface area (TPSA) is 58.2 Å². The number of halogens is 1. The van der Waals surface area contributed by atoms with Crippen LogP contribution in [0.3, 0.4) is 0 Å². The predicted octanol–water partition coefficient (Wildman–Crippen LogP) is 7.66. The molecule has 5 rings (SSSR count). The van der Waals surface area contributed by atoms with Gasteiger partial charge in [0.05, 0.1) is 0 Å². The summed E-state index contributed by atoms with van der Waals surface area (Å²) < 4.78 is 13.6. The van der Waals surface area contributed by atoms with Gasteiger partial charge in [-0.05, 0) is 77.6 Å². The van der Waals surface area contributed by atoms with Gasteiger partial charge in [0.2, 0.25) is 5.91 Å². The number of hydrogen-bond donors (Lipinski definition) is 2. The van der Waals surface area contributed by atoms with Gasteiger partial charge in [0.15, 0.2) is 0 Å². The highest BCUT2D eigenvalue weighted by atomic mass is 19.1. The zero-order chi connectivity index (χ0) is 28.4. The summed E-state index contributed by atoms with van der Waals surface area (Å²) >= 11 is 0. The minimum atomic E-state index is -0.664. The second-order valence-corrected chi connectivity index (χ2v) is 11.0. The molecule has 41 heavy (non-hydrogen) atoms. The Balaban J connectivity index is 1.15. The summed E-state index contributed by atoms with van der Waals surface area (Å²) in [5.41, 5.74) is 4.73. The van der Waals surface area contributed by atoms with Crippen molar-refractivity contribution in [2.24, 2.45) is 5.92 Å². The molecule has 210 valence electrons. The molecule has 2 amide bonds. The molecule has 4 nitrogen and oxygen atoms in total. The lowest BCUT2D eigenvalue weighted by atomic mass is 10.0. The van der Waals surface area contributed by atoms with Crippen LogP contribution in [0.25, 0.3) is 11.1 Å². The van der Waals surface area contributed by atoms with Crippen molar-refractivity contribution in [2.75, 3.05) is 0 Å². The van der Waals surface area contributed by atoms with Crippen LogP contribution in [0.15, 0.2) is 109 Å². The van der Waals surface area contributed by atoms with E-state index in [1.807, 2.05) is 42.5 Å². The lowest BCUT2D eigenvalue weighted by Gasteiger charge is -2.19. The van der Waals surface area contributed by atoms with Crippen LogP contribution >= 0.6 is 0 Å². The monoisotopic (exact) mass is 548 g/mol. The molecule has 1 aliphatic carbocycles. The van der Waals surface area contributed by atoms with E-state index in [0.29, 0.717) is 23.5 Å². The number of unbranched alkanes of at least 4 members (excludes halogenated alkanes) is 2. The van der Waals surface area contributed by atoms with Crippen LogP contribution < -0.4 is 10.6 Å². The van der Waals surface area contributed by atoms with Gasteiger partial charge >= 0.3 is 0 Å². The Hall–Kier alpha value is -4.25. The van der Waals surface area contributed by atoms with E-state index in [1.54, 1.807) is 24.3 Å². The van der Waals surface area contributed by atoms with Crippen molar-refractivity contribution < 1.29 is 14.0 Å². The Morgan fingerprint density at radius 1 is 0.780 bits per heavy atom. The molecule has 0 saturated heterocycles. The lowest BCUT2D eigenvalue weighted by molar-refractivity contribution is -0.123. The molecule has 1 fully saturated rings. The summed E-state index contributed by atoms with van der Waals surface area (Å²) in [7, 11) is 0. The number of rotatable bonds is 13. The first-order valence-electron chi connectivity index (χ1n) is 14.6. The minimum absolute atomic E-state index is 0.206. The van der Waals surface area contributed by atoms with Crippen LogP contribution in [-0.2, 0) is 11.3 Å². The van der Waals surface area contributed by atoms with E-state index in [9.17, 15) is 14.0 Å². The van der Waals surface area contributed by atoms with Gasteiger partial charge < -0.3 is 10.6 Å². The molecule has 1 saturated carbocycles. The molecule has 3 atom stereocenters. The molecular weight excluding hydrogens is 511 g/mol. The Morgan fingerprint density at radius 2 is 1.49 bits per heavy atom. The highest BCUT2D eigenvalue weighted by molar-refractivity contribution is 5.97. The first-order chi connectivity index (χ1) is 20.1. The maximum absolute atomic E-state index is 13.6. The second kappa shape index (κ2) is 13.9. The highest BCUT2D eigenvalue weighted by Crippen LogP contribution is 2.50. The third kappa shape index (κ3) is 8.14. The lowest BCUT2D eigenvalue weighted by Crippen LogP contribution is -2.46. The summed E-state index contributed by atoms with van der Waals surface area (Å²) in [5, 5.41) is 5.84. The van der Waals surface area contributed by atoms with Gasteiger partial charge in [0, 0.05) is 12.1 Å². The molecule has 0 spiro atoms. The third-order valence-corrected chi connectivity index (χ3v) is 7.95.